The van der Waals surface area contributed by atoms with Crippen molar-refractivity contribution in [2.45, 2.75) is 36.9 Å². The number of esters is 1. The van der Waals surface area contributed by atoms with Crippen molar-refractivity contribution in [3.63, 3.8) is 0 Å². The Morgan fingerprint density at radius 3 is 2.35 bits per heavy atom. The molecule has 0 N–H and O–H groups in total. The van der Waals surface area contributed by atoms with Gasteiger partial charge in [0.1, 0.15) is 0 Å². The van der Waals surface area contributed by atoms with Crippen LogP contribution >= 0.6 is 11.8 Å². The van der Waals surface area contributed by atoms with Gasteiger partial charge in [-0.05, 0) is 36.7 Å². The molecule has 0 radical (unpaired) electrons. The van der Waals surface area contributed by atoms with Crippen LogP contribution in [0, 0.1) is 0 Å². The minimum absolute atomic E-state index is 0.0262. The van der Waals surface area contributed by atoms with Crippen LogP contribution in [0.4, 0.5) is 13.2 Å². The molecule has 0 aliphatic carbocycles. The van der Waals surface area contributed by atoms with Crippen molar-refractivity contribution in [2.24, 2.45) is 0 Å². The summed E-state index contributed by atoms with van der Waals surface area (Å²) in [4.78, 5) is 11.6. The van der Waals surface area contributed by atoms with Crippen LogP contribution in [0.25, 0.3) is 0 Å². The van der Waals surface area contributed by atoms with Gasteiger partial charge in [-0.25, -0.2) is 4.79 Å². The Labute approximate surface area is 120 Å². The van der Waals surface area contributed by atoms with Crippen molar-refractivity contribution in [1.29, 1.82) is 0 Å². The molecule has 1 aromatic carbocycles. The summed E-state index contributed by atoms with van der Waals surface area (Å²) in [6, 6.07) is 8.49. The molecular weight excluding hydrogens is 289 g/mol. The first kappa shape index (κ1) is 16.9. The fraction of sp³-hybridized carbons (Fsp3) is 0.500. The van der Waals surface area contributed by atoms with E-state index in [4.69, 9.17) is 4.74 Å². The summed E-state index contributed by atoms with van der Waals surface area (Å²) in [6.45, 7) is 3.18. The van der Waals surface area contributed by atoms with Gasteiger partial charge in [0.25, 0.3) is 0 Å². The molecule has 0 fully saturated rings. The lowest BCUT2D eigenvalue weighted by Crippen LogP contribution is -2.22. The van der Waals surface area contributed by atoms with Crippen molar-refractivity contribution in [1.82, 2.24) is 0 Å². The van der Waals surface area contributed by atoms with Gasteiger partial charge in [0.2, 0.25) is 0 Å². The second-order valence-corrected chi connectivity index (χ2v) is 6.69. The standard InChI is InChI=1S/C14H17F3O2S/c1-13(2,20-14(15,16)17)9-6-10-19-12(18)11-7-4-3-5-8-11/h3-5,7-8H,6,9-10H2,1-2H3. The molecule has 0 spiro atoms. The number of carbonyl (C=O) groups is 1. The Bertz CT molecular complexity index is 430. The first-order chi connectivity index (χ1) is 9.20. The lowest BCUT2D eigenvalue weighted by atomic mass is 10.1. The van der Waals surface area contributed by atoms with Crippen molar-refractivity contribution >= 4 is 17.7 Å². The molecule has 0 aliphatic heterocycles. The molecule has 0 aliphatic rings. The summed E-state index contributed by atoms with van der Waals surface area (Å²) in [5, 5.41) is 0. The molecule has 0 saturated heterocycles. The van der Waals surface area contributed by atoms with Crippen LogP contribution in [0.3, 0.4) is 0 Å². The lowest BCUT2D eigenvalue weighted by molar-refractivity contribution is -0.0342. The third-order valence-electron chi connectivity index (χ3n) is 2.56. The second-order valence-electron chi connectivity index (χ2n) is 4.91. The van der Waals surface area contributed by atoms with Gasteiger partial charge in [-0.3, -0.25) is 0 Å². The van der Waals surface area contributed by atoms with E-state index in [-0.39, 0.29) is 18.4 Å². The molecule has 0 aromatic heterocycles. The quantitative estimate of drug-likeness (QED) is 0.565. The van der Waals surface area contributed by atoms with Gasteiger partial charge >= 0.3 is 11.5 Å². The number of alkyl halides is 3. The van der Waals surface area contributed by atoms with Crippen LogP contribution < -0.4 is 0 Å². The number of rotatable bonds is 6. The van der Waals surface area contributed by atoms with Crippen molar-refractivity contribution in [3.05, 3.63) is 35.9 Å². The number of ether oxygens (including phenoxy) is 1. The van der Waals surface area contributed by atoms with E-state index in [9.17, 15) is 18.0 Å². The van der Waals surface area contributed by atoms with E-state index < -0.39 is 16.2 Å². The van der Waals surface area contributed by atoms with Gasteiger partial charge in [0.15, 0.2) is 0 Å². The van der Waals surface area contributed by atoms with Crippen LogP contribution in [0.1, 0.15) is 37.0 Å². The molecule has 0 bridgehead atoms. The average molecular weight is 306 g/mol. The third-order valence-corrected chi connectivity index (χ3v) is 3.55. The zero-order chi connectivity index (χ0) is 15.2. The Hall–Kier alpha value is -1.17. The summed E-state index contributed by atoms with van der Waals surface area (Å²) in [5.74, 6) is -0.452. The maximum absolute atomic E-state index is 12.3. The normalized spacial score (nSPS) is 12.2. The highest BCUT2D eigenvalue weighted by molar-refractivity contribution is 8.01. The summed E-state index contributed by atoms with van der Waals surface area (Å²) in [7, 11) is 0. The van der Waals surface area contributed by atoms with Crippen LogP contribution in [-0.2, 0) is 4.74 Å². The van der Waals surface area contributed by atoms with E-state index in [2.05, 4.69) is 0 Å². The van der Waals surface area contributed by atoms with Gasteiger partial charge in [0, 0.05) is 4.75 Å². The van der Waals surface area contributed by atoms with Gasteiger partial charge in [-0.2, -0.15) is 13.2 Å². The monoisotopic (exact) mass is 306 g/mol. The number of halogens is 3. The van der Waals surface area contributed by atoms with E-state index in [1.165, 1.54) is 13.8 Å². The lowest BCUT2D eigenvalue weighted by Gasteiger charge is -2.24. The van der Waals surface area contributed by atoms with Crippen LogP contribution in [0.15, 0.2) is 30.3 Å². The molecule has 1 aromatic rings. The minimum Gasteiger partial charge on any atom is -0.462 e. The van der Waals surface area contributed by atoms with Gasteiger partial charge in [-0.15, -0.1) is 0 Å². The molecule has 0 amide bonds. The number of hydrogen-bond acceptors (Lipinski definition) is 3. The summed E-state index contributed by atoms with van der Waals surface area (Å²) >= 11 is -0.0262. The van der Waals surface area contributed by atoms with Gasteiger partial charge in [0.05, 0.1) is 12.2 Å². The summed E-state index contributed by atoms with van der Waals surface area (Å²) < 4.78 is 41.0. The maximum atomic E-state index is 12.3. The van der Waals surface area contributed by atoms with Crippen molar-refractivity contribution in [3.8, 4) is 0 Å². The molecular formula is C14H17F3O2S. The first-order valence-electron chi connectivity index (χ1n) is 6.19. The molecule has 20 heavy (non-hydrogen) atoms. The topological polar surface area (TPSA) is 26.3 Å². The molecule has 6 heteroatoms. The largest absolute Gasteiger partial charge is 0.462 e. The molecule has 0 unspecified atom stereocenters. The number of benzene rings is 1. The van der Waals surface area contributed by atoms with E-state index >= 15 is 0 Å². The Kier molecular flexibility index (Phi) is 5.92. The molecule has 1 rings (SSSR count). The second kappa shape index (κ2) is 7.02. The van der Waals surface area contributed by atoms with Crippen LogP contribution in [0.2, 0.25) is 0 Å². The number of hydrogen-bond donors (Lipinski definition) is 0. The van der Waals surface area contributed by atoms with Crippen LogP contribution in [0.5, 0.6) is 0 Å². The maximum Gasteiger partial charge on any atom is 0.442 e. The third kappa shape index (κ3) is 6.84. The minimum atomic E-state index is -4.25. The molecule has 0 heterocycles. The van der Waals surface area contributed by atoms with Crippen molar-refractivity contribution < 1.29 is 22.7 Å². The highest BCUT2D eigenvalue weighted by atomic mass is 32.2. The average Bonchev–Trinajstić information content (AvgIpc) is 2.32. The Balaban J connectivity index is 2.30. The Morgan fingerprint density at radius 2 is 1.80 bits per heavy atom. The van der Waals surface area contributed by atoms with E-state index in [0.29, 0.717) is 18.4 Å². The van der Waals surface area contributed by atoms with Gasteiger partial charge in [-0.1, -0.05) is 32.0 Å². The Morgan fingerprint density at radius 1 is 1.20 bits per heavy atom. The van der Waals surface area contributed by atoms with Crippen LogP contribution in [-0.4, -0.2) is 22.8 Å². The predicted octanol–water partition coefficient (Wildman–Crippen LogP) is 4.66. The van der Waals surface area contributed by atoms with Crippen molar-refractivity contribution in [2.75, 3.05) is 6.61 Å². The molecule has 112 valence electrons. The fourth-order valence-corrected chi connectivity index (χ4v) is 2.56. The number of carbonyl (C=O) groups excluding carboxylic acids is 1. The van der Waals surface area contributed by atoms with Gasteiger partial charge < -0.3 is 4.74 Å². The predicted molar refractivity (Wildman–Crippen MR) is 73.7 cm³/mol. The molecule has 0 saturated carbocycles. The summed E-state index contributed by atoms with van der Waals surface area (Å²) in [6.07, 6.45) is 0.716. The fourth-order valence-electron chi connectivity index (χ4n) is 1.68. The number of thioether (sulfide) groups is 1. The van der Waals surface area contributed by atoms with E-state index in [1.54, 1.807) is 30.3 Å². The highest BCUT2D eigenvalue weighted by Crippen LogP contribution is 2.42. The zero-order valence-electron chi connectivity index (χ0n) is 11.4. The van der Waals surface area contributed by atoms with E-state index in [0.717, 1.165) is 0 Å². The van der Waals surface area contributed by atoms with E-state index in [1.807, 2.05) is 0 Å². The molecule has 2 nitrogen and oxygen atoms in total. The highest BCUT2D eigenvalue weighted by Gasteiger charge is 2.37. The SMILES string of the molecule is CC(C)(CCCOC(=O)c1ccccc1)SC(F)(F)F. The zero-order valence-corrected chi connectivity index (χ0v) is 12.2. The first-order valence-corrected chi connectivity index (χ1v) is 7.00. The molecule has 0 atom stereocenters. The smallest absolute Gasteiger partial charge is 0.442 e. The summed E-state index contributed by atoms with van der Waals surface area (Å²) in [5.41, 5.74) is -3.80.